The zero-order valence-corrected chi connectivity index (χ0v) is 58.4. The lowest BCUT2D eigenvalue weighted by Crippen LogP contribution is -2.47. The summed E-state index contributed by atoms with van der Waals surface area (Å²) < 4.78 is 30.5. The highest BCUT2D eigenvalue weighted by molar-refractivity contribution is 7.45. The number of rotatable bonds is 67. The van der Waals surface area contributed by atoms with Gasteiger partial charge in [-0.25, -0.2) is 0 Å². The second-order valence-corrected chi connectivity index (χ2v) is 27.5. The van der Waals surface area contributed by atoms with Crippen molar-refractivity contribution >= 4 is 19.7 Å². The van der Waals surface area contributed by atoms with Crippen molar-refractivity contribution in [2.24, 2.45) is 0 Å². The SMILES string of the molecule is CCCCC/C=C\C/C=C\C/C=C\C/C=C\CCCCCCCCCC(=O)NC(COP(=O)([O-])OCC[N+](C)(C)C)C(/C=C/CCCCCCCCCCCC)OC(=O)CCCCCCCCCCCCCCCCC/C=C/CCCCCCCC. The van der Waals surface area contributed by atoms with Gasteiger partial charge in [0.15, 0.2) is 0 Å². The van der Waals surface area contributed by atoms with Gasteiger partial charge < -0.3 is 28.5 Å². The number of nitrogens with one attached hydrogen (secondary N) is 1. The number of quaternary nitrogens is 1. The molecule has 0 saturated heterocycles. The van der Waals surface area contributed by atoms with Crippen LogP contribution < -0.4 is 10.2 Å². The average Bonchev–Trinajstić information content (AvgIpc) is 3.66. The number of hydrogen-bond acceptors (Lipinski definition) is 7. The first kappa shape index (κ1) is 83.5. The van der Waals surface area contributed by atoms with Crippen LogP contribution in [0.15, 0.2) is 72.9 Å². The summed E-state index contributed by atoms with van der Waals surface area (Å²) in [5.74, 6) is -0.542. The second kappa shape index (κ2) is 65.4. The molecular formula is C76H141N2O7P. The third-order valence-corrected chi connectivity index (χ3v) is 17.3. The Hall–Kier alpha value is -2.55. The van der Waals surface area contributed by atoms with Crippen molar-refractivity contribution in [3.05, 3.63) is 72.9 Å². The van der Waals surface area contributed by atoms with E-state index in [9.17, 15) is 19.0 Å². The van der Waals surface area contributed by atoms with E-state index in [1.165, 1.54) is 225 Å². The fraction of sp³-hybridized carbons (Fsp3) is 0.816. The minimum absolute atomic E-state index is 0.0257. The number of phosphoric acid groups is 1. The molecule has 0 rings (SSSR count). The smallest absolute Gasteiger partial charge is 0.306 e. The summed E-state index contributed by atoms with van der Waals surface area (Å²) in [6, 6.07) is -0.897. The summed E-state index contributed by atoms with van der Waals surface area (Å²) in [6.45, 7) is 6.84. The normalized spacial score (nSPS) is 13.9. The summed E-state index contributed by atoms with van der Waals surface area (Å²) in [7, 11) is 1.18. The number of amides is 1. The molecule has 502 valence electrons. The Morgan fingerprint density at radius 1 is 0.407 bits per heavy atom. The third-order valence-electron chi connectivity index (χ3n) is 16.4. The molecule has 10 heteroatoms. The Morgan fingerprint density at radius 2 is 0.709 bits per heavy atom. The Kier molecular flexibility index (Phi) is 63.5. The van der Waals surface area contributed by atoms with E-state index in [1.54, 1.807) is 0 Å². The molecule has 86 heavy (non-hydrogen) atoms. The highest BCUT2D eigenvalue weighted by Gasteiger charge is 2.27. The molecule has 1 N–H and O–H groups in total. The van der Waals surface area contributed by atoms with E-state index in [-0.39, 0.29) is 24.9 Å². The number of phosphoric ester groups is 1. The van der Waals surface area contributed by atoms with Crippen LogP contribution >= 0.6 is 7.82 Å². The van der Waals surface area contributed by atoms with Gasteiger partial charge in [-0.2, -0.15) is 0 Å². The number of hydrogen-bond donors (Lipinski definition) is 1. The van der Waals surface area contributed by atoms with Crippen molar-refractivity contribution in [3.63, 3.8) is 0 Å². The molecule has 0 aliphatic rings. The zero-order chi connectivity index (χ0) is 62.8. The van der Waals surface area contributed by atoms with E-state index in [1.807, 2.05) is 33.3 Å². The van der Waals surface area contributed by atoms with Crippen LogP contribution in [0.4, 0.5) is 0 Å². The Morgan fingerprint density at radius 3 is 1.09 bits per heavy atom. The maximum Gasteiger partial charge on any atom is 0.306 e. The lowest BCUT2D eigenvalue weighted by molar-refractivity contribution is -0.870. The molecule has 0 aromatic carbocycles. The quantitative estimate of drug-likeness (QED) is 0.0212. The highest BCUT2D eigenvalue weighted by atomic mass is 31.2. The van der Waals surface area contributed by atoms with Gasteiger partial charge in [0, 0.05) is 12.8 Å². The number of carbonyl (C=O) groups excluding carboxylic acids is 2. The van der Waals surface area contributed by atoms with Crippen molar-refractivity contribution in [2.75, 3.05) is 40.9 Å². The summed E-state index contributed by atoms with van der Waals surface area (Å²) >= 11 is 0. The number of nitrogens with zero attached hydrogens (tertiary/aromatic N) is 1. The molecule has 0 saturated carbocycles. The van der Waals surface area contributed by atoms with Crippen LogP contribution in [0.1, 0.15) is 348 Å². The van der Waals surface area contributed by atoms with E-state index in [2.05, 4.69) is 86.8 Å². The van der Waals surface area contributed by atoms with Crippen molar-refractivity contribution < 1.29 is 37.3 Å². The van der Waals surface area contributed by atoms with Crippen LogP contribution in [0, 0.1) is 0 Å². The molecule has 1 amide bonds. The lowest BCUT2D eigenvalue weighted by atomic mass is 10.0. The first-order valence-corrected chi connectivity index (χ1v) is 38.2. The molecule has 3 atom stereocenters. The average molecular weight is 1230 g/mol. The van der Waals surface area contributed by atoms with Gasteiger partial charge in [0.1, 0.15) is 19.3 Å². The van der Waals surface area contributed by atoms with Gasteiger partial charge in [-0.3, -0.25) is 14.2 Å². The Bertz CT molecular complexity index is 1700. The molecule has 0 bridgehead atoms. The zero-order valence-electron chi connectivity index (χ0n) is 57.5. The molecule has 0 aromatic rings. The minimum atomic E-state index is -4.71. The molecule has 0 spiro atoms. The molecule has 0 heterocycles. The van der Waals surface area contributed by atoms with Crippen LogP contribution in [-0.2, 0) is 27.9 Å². The van der Waals surface area contributed by atoms with Gasteiger partial charge in [0.05, 0.1) is 33.8 Å². The molecule has 0 fully saturated rings. The molecule has 9 nitrogen and oxygen atoms in total. The highest BCUT2D eigenvalue weighted by Crippen LogP contribution is 2.38. The molecule has 0 aliphatic carbocycles. The van der Waals surface area contributed by atoms with Crippen LogP contribution in [-0.4, -0.2) is 69.4 Å². The molecule has 3 unspecified atom stereocenters. The van der Waals surface area contributed by atoms with Gasteiger partial charge >= 0.3 is 5.97 Å². The van der Waals surface area contributed by atoms with Crippen molar-refractivity contribution in [1.82, 2.24) is 5.32 Å². The maximum atomic E-state index is 13.6. The molecule has 0 radical (unpaired) electrons. The van der Waals surface area contributed by atoms with Gasteiger partial charge in [-0.1, -0.05) is 306 Å². The van der Waals surface area contributed by atoms with Crippen LogP contribution in [0.25, 0.3) is 0 Å². The molecule has 0 aliphatic heterocycles. The third kappa shape index (κ3) is 65.9. The van der Waals surface area contributed by atoms with Crippen molar-refractivity contribution in [3.8, 4) is 0 Å². The minimum Gasteiger partial charge on any atom is -0.756 e. The standard InChI is InChI=1S/C76H141N2O7P/c1-7-10-13-16-19-22-25-28-30-32-34-36-38-39-41-43-45-47-49-51-54-57-60-63-66-69-76(80)85-74(67-64-61-58-55-52-27-24-21-18-15-12-9-3)73(72-84-86(81,82)83-71-70-78(4,5)6)77-75(79)68-65-62-59-56-53-50-48-46-44-42-40-37-35-33-31-29-26-23-20-17-14-11-8-2/h20,23,28-31,35,37,42,44,64,67,73-74H,7-19,21-22,24-27,32-34,36,38-41,43,45-63,65-66,68-72H2,1-6H3,(H-,77,79,81,82)/b23-20-,30-28+,31-29-,37-35-,44-42-,67-64+. The predicted octanol–water partition coefficient (Wildman–Crippen LogP) is 22.9. The van der Waals surface area contributed by atoms with E-state index in [0.717, 1.165) is 89.9 Å². The predicted molar refractivity (Wildman–Crippen MR) is 372 cm³/mol. The van der Waals surface area contributed by atoms with Gasteiger partial charge in [-0.15, -0.1) is 0 Å². The van der Waals surface area contributed by atoms with Crippen LogP contribution in [0.3, 0.4) is 0 Å². The molecule has 0 aromatic heterocycles. The number of esters is 1. The topological polar surface area (TPSA) is 114 Å². The van der Waals surface area contributed by atoms with E-state index in [4.69, 9.17) is 13.8 Å². The fourth-order valence-electron chi connectivity index (χ4n) is 10.7. The summed E-state index contributed by atoms with van der Waals surface area (Å²) in [4.78, 5) is 40.2. The molecular weight excluding hydrogens is 1080 g/mol. The monoisotopic (exact) mass is 1230 g/mol. The van der Waals surface area contributed by atoms with Gasteiger partial charge in [0.25, 0.3) is 7.82 Å². The van der Waals surface area contributed by atoms with Gasteiger partial charge in [-0.05, 0) is 102 Å². The van der Waals surface area contributed by atoms with E-state index >= 15 is 0 Å². The first-order chi connectivity index (χ1) is 41.9. The van der Waals surface area contributed by atoms with Gasteiger partial charge in [0.2, 0.25) is 5.91 Å². The number of unbranched alkanes of at least 4 members (excludes halogenated alkanes) is 41. The van der Waals surface area contributed by atoms with Crippen LogP contribution in [0.5, 0.6) is 0 Å². The van der Waals surface area contributed by atoms with E-state index < -0.39 is 26.6 Å². The largest absolute Gasteiger partial charge is 0.756 e. The van der Waals surface area contributed by atoms with Crippen molar-refractivity contribution in [1.29, 1.82) is 0 Å². The number of likely N-dealkylation sites (N-methyl/N-ethyl adjacent to an activating group) is 1. The fourth-order valence-corrected chi connectivity index (χ4v) is 11.4. The Labute approximate surface area is 533 Å². The number of ether oxygens (including phenoxy) is 1. The second-order valence-electron chi connectivity index (χ2n) is 26.1. The van der Waals surface area contributed by atoms with E-state index in [0.29, 0.717) is 17.4 Å². The lowest BCUT2D eigenvalue weighted by Gasteiger charge is -2.30. The first-order valence-electron chi connectivity index (χ1n) is 36.7. The number of carbonyl (C=O) groups is 2. The maximum absolute atomic E-state index is 13.6. The summed E-state index contributed by atoms with van der Waals surface area (Å²) in [5.41, 5.74) is 0. The summed E-state index contributed by atoms with van der Waals surface area (Å²) in [5, 5.41) is 3.04. The Balaban J connectivity index is 5.05. The number of allylic oxidation sites excluding steroid dienone is 11. The summed E-state index contributed by atoms with van der Waals surface area (Å²) in [6.07, 6.45) is 86.0. The van der Waals surface area contributed by atoms with Crippen molar-refractivity contribution in [2.45, 2.75) is 360 Å². The van der Waals surface area contributed by atoms with Crippen LogP contribution in [0.2, 0.25) is 0 Å².